The van der Waals surface area contributed by atoms with Gasteiger partial charge >= 0.3 is 0 Å². The predicted molar refractivity (Wildman–Crippen MR) is 118 cm³/mol. The van der Waals surface area contributed by atoms with Crippen molar-refractivity contribution in [1.82, 2.24) is 0 Å². The largest absolute Gasteiger partial charge is 0.495 e. The highest BCUT2D eigenvalue weighted by Crippen LogP contribution is 2.36. The fourth-order valence-electron chi connectivity index (χ4n) is 2.80. The van der Waals surface area contributed by atoms with Crippen molar-refractivity contribution in [3.8, 4) is 17.2 Å². The van der Waals surface area contributed by atoms with Crippen molar-refractivity contribution >= 4 is 50.5 Å². The molecule has 0 heterocycles. The standard InChI is InChI=1S/C19H22Cl2N2O6S/c1-11(19(24)22-15-10-17(28-3)14(21)9-18(15)29-4)23(30(5,25)26)12-6-7-16(27-2)13(20)8-12/h6-11H,1-5H3,(H,22,24)/t11-/m0/s1. The molecule has 0 unspecified atom stereocenters. The van der Waals surface area contributed by atoms with Crippen molar-refractivity contribution in [2.24, 2.45) is 0 Å². The monoisotopic (exact) mass is 476 g/mol. The van der Waals surface area contributed by atoms with Crippen LogP contribution in [0.2, 0.25) is 10.0 Å². The minimum atomic E-state index is -3.83. The van der Waals surface area contributed by atoms with E-state index in [1.54, 1.807) is 0 Å². The van der Waals surface area contributed by atoms with E-state index in [9.17, 15) is 13.2 Å². The summed E-state index contributed by atoms with van der Waals surface area (Å²) in [6.45, 7) is 1.45. The summed E-state index contributed by atoms with van der Waals surface area (Å²) < 4.78 is 41.4. The maximum Gasteiger partial charge on any atom is 0.248 e. The van der Waals surface area contributed by atoms with E-state index in [-0.39, 0.29) is 16.4 Å². The molecule has 2 rings (SSSR count). The number of rotatable bonds is 8. The van der Waals surface area contributed by atoms with Crippen LogP contribution in [0, 0.1) is 0 Å². The molecule has 0 saturated heterocycles. The normalized spacial score (nSPS) is 12.1. The van der Waals surface area contributed by atoms with E-state index >= 15 is 0 Å². The molecule has 2 aromatic carbocycles. The average molecular weight is 477 g/mol. The van der Waals surface area contributed by atoms with Gasteiger partial charge in [0.15, 0.2) is 0 Å². The first-order chi connectivity index (χ1) is 14.0. The average Bonchev–Trinajstić information content (AvgIpc) is 2.68. The number of carbonyl (C=O) groups is 1. The van der Waals surface area contributed by atoms with Crippen LogP contribution in [-0.4, -0.2) is 48.0 Å². The zero-order chi connectivity index (χ0) is 22.6. The van der Waals surface area contributed by atoms with Gasteiger partial charge in [-0.3, -0.25) is 9.10 Å². The summed E-state index contributed by atoms with van der Waals surface area (Å²) in [5.41, 5.74) is 0.489. The molecule has 0 fully saturated rings. The number of methoxy groups -OCH3 is 3. The molecule has 0 aliphatic rings. The summed E-state index contributed by atoms with van der Waals surface area (Å²) in [6.07, 6.45) is 1.00. The zero-order valence-corrected chi connectivity index (χ0v) is 19.4. The van der Waals surface area contributed by atoms with Gasteiger partial charge in [0, 0.05) is 12.1 Å². The maximum absolute atomic E-state index is 12.9. The van der Waals surface area contributed by atoms with Gasteiger partial charge in [0.25, 0.3) is 0 Å². The molecular weight excluding hydrogens is 455 g/mol. The summed E-state index contributed by atoms with van der Waals surface area (Å²) in [7, 11) is 0.461. The van der Waals surface area contributed by atoms with Gasteiger partial charge in [0.05, 0.1) is 49.0 Å². The molecule has 0 aromatic heterocycles. The third-order valence-electron chi connectivity index (χ3n) is 4.21. The molecule has 30 heavy (non-hydrogen) atoms. The summed E-state index contributed by atoms with van der Waals surface area (Å²) in [4.78, 5) is 12.9. The first-order valence-electron chi connectivity index (χ1n) is 8.58. The Morgan fingerprint density at radius 3 is 2.03 bits per heavy atom. The topological polar surface area (TPSA) is 94.2 Å². The van der Waals surface area contributed by atoms with E-state index in [1.807, 2.05) is 0 Å². The van der Waals surface area contributed by atoms with Crippen LogP contribution in [0.5, 0.6) is 17.2 Å². The van der Waals surface area contributed by atoms with Gasteiger partial charge in [-0.05, 0) is 25.1 Å². The third kappa shape index (κ3) is 5.21. The van der Waals surface area contributed by atoms with Crippen LogP contribution in [0.25, 0.3) is 0 Å². The van der Waals surface area contributed by atoms with Gasteiger partial charge in [-0.1, -0.05) is 23.2 Å². The number of hydrogen-bond acceptors (Lipinski definition) is 6. The Morgan fingerprint density at radius 1 is 0.967 bits per heavy atom. The van der Waals surface area contributed by atoms with Crippen LogP contribution < -0.4 is 23.8 Å². The number of nitrogens with zero attached hydrogens (tertiary/aromatic N) is 1. The maximum atomic E-state index is 12.9. The van der Waals surface area contributed by atoms with E-state index in [2.05, 4.69) is 5.32 Å². The first kappa shape index (κ1) is 23.9. The van der Waals surface area contributed by atoms with E-state index in [1.165, 1.54) is 58.6 Å². The summed E-state index contributed by atoms with van der Waals surface area (Å²) in [6, 6.07) is 6.29. The van der Waals surface area contributed by atoms with Crippen LogP contribution in [0.1, 0.15) is 6.92 Å². The van der Waals surface area contributed by atoms with Gasteiger partial charge in [-0.2, -0.15) is 0 Å². The van der Waals surface area contributed by atoms with Crippen molar-refractivity contribution in [3.63, 3.8) is 0 Å². The lowest BCUT2D eigenvalue weighted by Crippen LogP contribution is -2.45. The van der Waals surface area contributed by atoms with Crippen molar-refractivity contribution in [1.29, 1.82) is 0 Å². The number of amides is 1. The first-order valence-corrected chi connectivity index (χ1v) is 11.2. The van der Waals surface area contributed by atoms with E-state index in [4.69, 9.17) is 37.4 Å². The molecule has 0 aliphatic heterocycles. The third-order valence-corrected chi connectivity index (χ3v) is 6.04. The number of nitrogens with one attached hydrogen (secondary N) is 1. The molecule has 1 atom stereocenters. The van der Waals surface area contributed by atoms with Crippen LogP contribution in [0.3, 0.4) is 0 Å². The van der Waals surface area contributed by atoms with Crippen molar-refractivity contribution in [3.05, 3.63) is 40.4 Å². The van der Waals surface area contributed by atoms with Gasteiger partial charge in [0.2, 0.25) is 15.9 Å². The van der Waals surface area contributed by atoms with E-state index in [0.717, 1.165) is 10.6 Å². The fraction of sp³-hybridized carbons (Fsp3) is 0.316. The Bertz CT molecular complexity index is 1050. The molecule has 2 aromatic rings. The van der Waals surface area contributed by atoms with Gasteiger partial charge in [0.1, 0.15) is 23.3 Å². The van der Waals surface area contributed by atoms with Gasteiger partial charge in [-0.25, -0.2) is 8.42 Å². The summed E-state index contributed by atoms with van der Waals surface area (Å²) >= 11 is 12.2. The van der Waals surface area contributed by atoms with Crippen LogP contribution >= 0.6 is 23.2 Å². The number of hydrogen-bond donors (Lipinski definition) is 1. The van der Waals surface area contributed by atoms with Crippen LogP contribution in [-0.2, 0) is 14.8 Å². The molecular formula is C19H22Cl2N2O6S. The predicted octanol–water partition coefficient (Wildman–Crippen LogP) is 3.81. The Hall–Kier alpha value is -2.36. The van der Waals surface area contributed by atoms with Gasteiger partial charge < -0.3 is 19.5 Å². The zero-order valence-electron chi connectivity index (χ0n) is 17.0. The molecule has 0 radical (unpaired) electrons. The number of anilines is 2. The Kier molecular flexibility index (Phi) is 7.68. The Morgan fingerprint density at radius 2 is 1.53 bits per heavy atom. The lowest BCUT2D eigenvalue weighted by atomic mass is 10.2. The quantitative estimate of drug-likeness (QED) is 0.622. The lowest BCUT2D eigenvalue weighted by Gasteiger charge is -2.28. The molecule has 8 nitrogen and oxygen atoms in total. The number of benzene rings is 2. The van der Waals surface area contributed by atoms with E-state index < -0.39 is 22.0 Å². The minimum Gasteiger partial charge on any atom is -0.495 e. The molecule has 1 N–H and O–H groups in total. The second-order valence-electron chi connectivity index (χ2n) is 6.23. The number of sulfonamides is 1. The number of carbonyl (C=O) groups excluding carboxylic acids is 1. The fourth-order valence-corrected chi connectivity index (χ4v) is 4.45. The highest BCUT2D eigenvalue weighted by Gasteiger charge is 2.30. The second-order valence-corrected chi connectivity index (χ2v) is 8.90. The van der Waals surface area contributed by atoms with E-state index in [0.29, 0.717) is 22.3 Å². The van der Waals surface area contributed by atoms with Crippen LogP contribution in [0.4, 0.5) is 11.4 Å². The Labute approximate surface area is 185 Å². The molecule has 1 amide bonds. The molecule has 11 heteroatoms. The van der Waals surface area contributed by atoms with Gasteiger partial charge in [-0.15, -0.1) is 0 Å². The molecule has 0 spiro atoms. The van der Waals surface area contributed by atoms with Crippen LogP contribution in [0.15, 0.2) is 30.3 Å². The number of ether oxygens (including phenoxy) is 3. The molecule has 164 valence electrons. The molecule has 0 aliphatic carbocycles. The lowest BCUT2D eigenvalue weighted by molar-refractivity contribution is -0.116. The number of halogens is 2. The summed E-state index contributed by atoms with van der Waals surface area (Å²) in [5.74, 6) is 0.390. The van der Waals surface area contributed by atoms with Crippen molar-refractivity contribution in [2.45, 2.75) is 13.0 Å². The minimum absolute atomic E-state index is 0.209. The Balaban J connectivity index is 2.41. The summed E-state index contributed by atoms with van der Waals surface area (Å²) in [5, 5.41) is 3.16. The highest BCUT2D eigenvalue weighted by atomic mass is 35.5. The second kappa shape index (κ2) is 9.63. The smallest absolute Gasteiger partial charge is 0.248 e. The molecule has 0 saturated carbocycles. The SMILES string of the molecule is COc1ccc(N([C@@H](C)C(=O)Nc2cc(OC)c(Cl)cc2OC)S(C)(=O)=O)cc1Cl. The van der Waals surface area contributed by atoms with Crippen molar-refractivity contribution in [2.75, 3.05) is 37.2 Å². The van der Waals surface area contributed by atoms with Crippen molar-refractivity contribution < 1.29 is 27.4 Å². The molecule has 0 bridgehead atoms. The highest BCUT2D eigenvalue weighted by molar-refractivity contribution is 7.92.